The minimum atomic E-state index is 0.122. The molecule has 4 nitrogen and oxygen atoms in total. The summed E-state index contributed by atoms with van der Waals surface area (Å²) in [5, 5.41) is 3.12. The minimum absolute atomic E-state index is 0.122. The number of likely N-dealkylation sites (N-methyl/N-ethyl adjacent to an activating group) is 1. The summed E-state index contributed by atoms with van der Waals surface area (Å²) < 4.78 is 0. The van der Waals surface area contributed by atoms with E-state index < -0.39 is 0 Å². The smallest absolute Gasteiger partial charge is 0.227 e. The second-order valence-corrected chi connectivity index (χ2v) is 6.76. The van der Waals surface area contributed by atoms with Gasteiger partial charge in [-0.15, -0.1) is 0 Å². The fourth-order valence-electron chi connectivity index (χ4n) is 3.32. The summed E-state index contributed by atoms with van der Waals surface area (Å²) in [6.07, 6.45) is 7.13. The molecule has 1 aliphatic carbocycles. The van der Waals surface area contributed by atoms with E-state index in [0.29, 0.717) is 0 Å². The zero-order valence-electron chi connectivity index (χ0n) is 14.2. The van der Waals surface area contributed by atoms with Crippen LogP contribution in [0.15, 0.2) is 30.4 Å². The number of carbonyl (C=O) groups excluding carboxylic acids is 1. The highest BCUT2D eigenvalue weighted by atomic mass is 16.1. The quantitative estimate of drug-likeness (QED) is 0.871. The minimum Gasteiger partial charge on any atom is -0.369 e. The van der Waals surface area contributed by atoms with Crippen molar-refractivity contribution in [1.29, 1.82) is 0 Å². The van der Waals surface area contributed by atoms with E-state index in [0.717, 1.165) is 56.7 Å². The van der Waals surface area contributed by atoms with E-state index in [-0.39, 0.29) is 11.8 Å². The van der Waals surface area contributed by atoms with Crippen molar-refractivity contribution in [3.8, 4) is 0 Å². The first kappa shape index (κ1) is 16.1. The molecule has 1 atom stereocenters. The number of benzene rings is 1. The van der Waals surface area contributed by atoms with Gasteiger partial charge in [-0.2, -0.15) is 0 Å². The SMILES string of the molecule is Cc1cc(N2CCN(C)CC2)ccc1NC(=O)C1CC=CCC1. The Morgan fingerprint density at radius 3 is 2.61 bits per heavy atom. The Morgan fingerprint density at radius 2 is 1.96 bits per heavy atom. The Morgan fingerprint density at radius 1 is 1.17 bits per heavy atom. The molecule has 1 amide bonds. The van der Waals surface area contributed by atoms with Crippen LogP contribution in [0.4, 0.5) is 11.4 Å². The molecule has 0 spiro atoms. The number of anilines is 2. The molecule has 1 N–H and O–H groups in total. The van der Waals surface area contributed by atoms with E-state index in [1.54, 1.807) is 0 Å². The molecule has 1 heterocycles. The lowest BCUT2D eigenvalue weighted by Crippen LogP contribution is -2.44. The molecule has 0 radical (unpaired) electrons. The van der Waals surface area contributed by atoms with Gasteiger partial charge in [-0.3, -0.25) is 4.79 Å². The first-order valence-corrected chi connectivity index (χ1v) is 8.63. The molecule has 3 rings (SSSR count). The lowest BCUT2D eigenvalue weighted by Gasteiger charge is -2.34. The molecule has 1 fully saturated rings. The number of nitrogens with zero attached hydrogens (tertiary/aromatic N) is 2. The van der Waals surface area contributed by atoms with Gasteiger partial charge < -0.3 is 15.1 Å². The Balaban J connectivity index is 1.65. The van der Waals surface area contributed by atoms with Crippen molar-refractivity contribution in [3.05, 3.63) is 35.9 Å². The van der Waals surface area contributed by atoms with Gasteiger partial charge in [0.2, 0.25) is 5.91 Å². The highest BCUT2D eigenvalue weighted by Gasteiger charge is 2.20. The summed E-state index contributed by atoms with van der Waals surface area (Å²) in [6, 6.07) is 6.38. The van der Waals surface area contributed by atoms with Gasteiger partial charge in [-0.25, -0.2) is 0 Å². The number of carbonyl (C=O) groups is 1. The van der Waals surface area contributed by atoms with E-state index in [9.17, 15) is 4.79 Å². The van der Waals surface area contributed by atoms with E-state index in [1.165, 1.54) is 5.69 Å². The van der Waals surface area contributed by atoms with Gasteiger partial charge in [0.05, 0.1) is 0 Å². The summed E-state index contributed by atoms with van der Waals surface area (Å²) in [5.74, 6) is 0.279. The van der Waals surface area contributed by atoms with Gasteiger partial charge in [0.15, 0.2) is 0 Å². The molecule has 0 saturated carbocycles. The molecule has 2 aliphatic rings. The molecule has 4 heteroatoms. The zero-order valence-corrected chi connectivity index (χ0v) is 14.2. The van der Waals surface area contributed by atoms with Gasteiger partial charge in [-0.1, -0.05) is 12.2 Å². The van der Waals surface area contributed by atoms with Crippen LogP contribution < -0.4 is 10.2 Å². The Labute approximate surface area is 139 Å². The summed E-state index contributed by atoms with van der Waals surface area (Å²) in [4.78, 5) is 17.2. The predicted molar refractivity (Wildman–Crippen MR) is 96.0 cm³/mol. The molecule has 1 saturated heterocycles. The number of amides is 1. The third kappa shape index (κ3) is 3.94. The first-order valence-electron chi connectivity index (χ1n) is 8.63. The normalized spacial score (nSPS) is 22.2. The molecular weight excluding hydrogens is 286 g/mol. The summed E-state index contributed by atoms with van der Waals surface area (Å²) in [7, 11) is 2.17. The second-order valence-electron chi connectivity index (χ2n) is 6.76. The second kappa shape index (κ2) is 7.18. The van der Waals surface area contributed by atoms with Crippen LogP contribution in [0.25, 0.3) is 0 Å². The Hall–Kier alpha value is -1.81. The fraction of sp³-hybridized carbons (Fsp3) is 0.526. The van der Waals surface area contributed by atoms with Gasteiger partial charge in [0, 0.05) is 43.5 Å². The molecule has 1 aromatic carbocycles. The average Bonchev–Trinajstić information content (AvgIpc) is 2.58. The van der Waals surface area contributed by atoms with Crippen LogP contribution >= 0.6 is 0 Å². The Bertz CT molecular complexity index is 588. The molecule has 1 aliphatic heterocycles. The molecule has 124 valence electrons. The first-order chi connectivity index (χ1) is 11.1. The number of allylic oxidation sites excluding steroid dienone is 2. The van der Waals surface area contributed by atoms with Crippen molar-refractivity contribution in [1.82, 2.24) is 4.90 Å². The highest BCUT2D eigenvalue weighted by Crippen LogP contribution is 2.25. The van der Waals surface area contributed by atoms with Crippen LogP contribution in [0.5, 0.6) is 0 Å². The van der Waals surface area contributed by atoms with Crippen LogP contribution in [0, 0.1) is 12.8 Å². The maximum atomic E-state index is 12.4. The summed E-state index contributed by atoms with van der Waals surface area (Å²) in [6.45, 7) is 6.42. The number of rotatable bonds is 3. The van der Waals surface area contributed by atoms with Gasteiger partial charge >= 0.3 is 0 Å². The van der Waals surface area contributed by atoms with Gasteiger partial charge in [0.1, 0.15) is 0 Å². The lowest BCUT2D eigenvalue weighted by molar-refractivity contribution is -0.120. The van der Waals surface area contributed by atoms with Crippen molar-refractivity contribution in [3.63, 3.8) is 0 Å². The number of hydrogen-bond acceptors (Lipinski definition) is 3. The molecule has 1 unspecified atom stereocenters. The number of piperazine rings is 1. The largest absolute Gasteiger partial charge is 0.369 e. The molecule has 0 aromatic heterocycles. The number of aryl methyl sites for hydroxylation is 1. The molecule has 0 bridgehead atoms. The molecule has 23 heavy (non-hydrogen) atoms. The Kier molecular flexibility index (Phi) is 5.01. The van der Waals surface area contributed by atoms with Crippen LogP contribution in [-0.4, -0.2) is 44.0 Å². The maximum Gasteiger partial charge on any atom is 0.227 e. The van der Waals surface area contributed by atoms with Crippen LogP contribution in [0.3, 0.4) is 0 Å². The van der Waals surface area contributed by atoms with Crippen LogP contribution in [0.1, 0.15) is 24.8 Å². The number of hydrogen-bond donors (Lipinski definition) is 1. The van der Waals surface area contributed by atoms with Crippen molar-refractivity contribution in [2.24, 2.45) is 5.92 Å². The van der Waals surface area contributed by atoms with Crippen molar-refractivity contribution >= 4 is 17.3 Å². The topological polar surface area (TPSA) is 35.6 Å². The van der Waals surface area contributed by atoms with E-state index in [2.05, 4.69) is 59.4 Å². The molecular formula is C19H27N3O. The summed E-state index contributed by atoms with van der Waals surface area (Å²) >= 11 is 0. The van der Waals surface area contributed by atoms with Crippen LogP contribution in [0.2, 0.25) is 0 Å². The van der Waals surface area contributed by atoms with E-state index in [1.807, 2.05) is 0 Å². The monoisotopic (exact) mass is 313 g/mol. The maximum absolute atomic E-state index is 12.4. The highest BCUT2D eigenvalue weighted by molar-refractivity contribution is 5.93. The van der Waals surface area contributed by atoms with E-state index in [4.69, 9.17) is 0 Å². The summed E-state index contributed by atoms with van der Waals surface area (Å²) in [5.41, 5.74) is 3.35. The zero-order chi connectivity index (χ0) is 16.2. The van der Waals surface area contributed by atoms with Crippen molar-refractivity contribution in [2.75, 3.05) is 43.4 Å². The average molecular weight is 313 g/mol. The van der Waals surface area contributed by atoms with Gasteiger partial charge in [-0.05, 0) is 57.0 Å². The van der Waals surface area contributed by atoms with Crippen molar-refractivity contribution in [2.45, 2.75) is 26.2 Å². The number of nitrogens with one attached hydrogen (secondary N) is 1. The van der Waals surface area contributed by atoms with Crippen LogP contribution in [-0.2, 0) is 4.79 Å². The van der Waals surface area contributed by atoms with Crippen molar-refractivity contribution < 1.29 is 4.79 Å². The lowest BCUT2D eigenvalue weighted by atomic mass is 9.93. The molecule has 1 aromatic rings. The fourth-order valence-corrected chi connectivity index (χ4v) is 3.32. The van der Waals surface area contributed by atoms with Gasteiger partial charge in [0.25, 0.3) is 0 Å². The predicted octanol–water partition coefficient (Wildman–Crippen LogP) is 3.04. The standard InChI is InChI=1S/C19H27N3O/c1-15-14-17(22-12-10-21(2)11-13-22)8-9-18(15)20-19(23)16-6-4-3-5-7-16/h3-4,8-9,14,16H,5-7,10-13H2,1-2H3,(H,20,23). The third-order valence-electron chi connectivity index (χ3n) is 4.98. The van der Waals surface area contributed by atoms with E-state index >= 15 is 0 Å². The third-order valence-corrected chi connectivity index (χ3v) is 4.98.